The largest absolute Gasteiger partial charge is 0.464 e. The number of nitrogens with zero attached hydrogens (tertiary/aromatic N) is 7. The third-order valence-electron chi connectivity index (χ3n) is 13.2. The molecular weight excluding hydrogens is 863 g/mol. The number of hydrogen-bond acceptors (Lipinski definition) is 11. The van der Waals surface area contributed by atoms with E-state index in [0.717, 1.165) is 44.4 Å². The molecule has 2 saturated heterocycles. The summed E-state index contributed by atoms with van der Waals surface area (Å²) in [6.45, 7) is 12.6. The lowest BCUT2D eigenvalue weighted by molar-refractivity contribution is -0.155. The van der Waals surface area contributed by atoms with Crippen molar-refractivity contribution in [3.05, 3.63) is 71.8 Å². The standard InChI is InChI=1S/C52H67N9O7/c1-10-60-44-16-15-34-26-39(44)40(47(60)41-29-53-20-17-37(41)31-67-9)28-52(4,5)32-68-51(66)42-13-11-23-61(56-42)50(65)43(27-38-25-35(34)18-21-54-38)55-48(63)46(33(2)3)58(8)49(64)36-19-24-59(30-36)45(62)14-12-22-57(6)7/h15-18,20-21,25-26,29,33,36,42-43,46,56H,10-11,13,19,22-24,27-28,30-32H2,1-9H3,(H,55,63)/t36-,42-,43-,46?/m0/s1. The number of esters is 1. The number of aromatic nitrogens is 3. The summed E-state index contributed by atoms with van der Waals surface area (Å²) < 4.78 is 14.1. The summed E-state index contributed by atoms with van der Waals surface area (Å²) in [6, 6.07) is 9.45. The molecule has 6 heterocycles. The van der Waals surface area contributed by atoms with E-state index in [9.17, 15) is 24.0 Å². The Bertz CT molecular complexity index is 2590. The first kappa shape index (κ1) is 49.7. The van der Waals surface area contributed by atoms with Crippen LogP contribution < -0.4 is 10.7 Å². The fourth-order valence-electron chi connectivity index (χ4n) is 9.82. The average Bonchev–Trinajstić information content (AvgIpc) is 3.93. The minimum absolute atomic E-state index is 0.0318. The summed E-state index contributed by atoms with van der Waals surface area (Å²) in [4.78, 5) is 84.3. The first-order valence-electron chi connectivity index (χ1n) is 23.8. The molecule has 0 radical (unpaired) electrons. The van der Waals surface area contributed by atoms with Crippen molar-refractivity contribution in [2.45, 2.75) is 98.0 Å². The van der Waals surface area contributed by atoms with Crippen molar-refractivity contribution in [1.82, 2.24) is 45.0 Å². The fraction of sp³-hybridized carbons (Fsp3) is 0.519. The molecule has 0 spiro atoms. The molecule has 3 aliphatic rings. The van der Waals surface area contributed by atoms with Crippen molar-refractivity contribution in [2.75, 3.05) is 61.0 Å². The van der Waals surface area contributed by atoms with Gasteiger partial charge in [-0.3, -0.25) is 43.8 Å². The van der Waals surface area contributed by atoms with E-state index in [4.69, 9.17) is 14.5 Å². The lowest BCUT2D eigenvalue weighted by Gasteiger charge is -2.37. The highest BCUT2D eigenvalue weighted by Crippen LogP contribution is 2.41. The summed E-state index contributed by atoms with van der Waals surface area (Å²) in [5.41, 5.74) is 10.2. The number of hydrogen-bond donors (Lipinski definition) is 2. The molecule has 4 amide bonds. The Morgan fingerprint density at radius 3 is 2.56 bits per heavy atom. The molecule has 3 aromatic heterocycles. The van der Waals surface area contributed by atoms with E-state index < -0.39 is 47.2 Å². The number of likely N-dealkylation sites (N-methyl/N-ethyl adjacent to an activating group) is 1. The Morgan fingerprint density at radius 1 is 1.04 bits per heavy atom. The molecule has 6 bridgehead atoms. The van der Waals surface area contributed by atoms with Gasteiger partial charge in [-0.2, -0.15) is 0 Å². The van der Waals surface area contributed by atoms with Crippen LogP contribution in [0.3, 0.4) is 0 Å². The van der Waals surface area contributed by atoms with E-state index in [1.54, 1.807) is 31.5 Å². The number of hydrazine groups is 1. The Morgan fingerprint density at radius 2 is 1.82 bits per heavy atom. The molecule has 4 atom stereocenters. The third-order valence-corrected chi connectivity index (χ3v) is 13.2. The molecule has 2 fully saturated rings. The van der Waals surface area contributed by atoms with Crippen molar-refractivity contribution in [3.63, 3.8) is 0 Å². The molecule has 0 saturated carbocycles. The molecule has 1 aromatic carbocycles. The van der Waals surface area contributed by atoms with E-state index in [-0.39, 0.29) is 37.3 Å². The van der Waals surface area contributed by atoms with Crippen LogP contribution in [-0.4, -0.2) is 143 Å². The fourth-order valence-corrected chi connectivity index (χ4v) is 9.82. The van der Waals surface area contributed by atoms with Crippen LogP contribution >= 0.6 is 0 Å². The number of benzene rings is 1. The van der Waals surface area contributed by atoms with Gasteiger partial charge in [-0.05, 0) is 111 Å². The van der Waals surface area contributed by atoms with Gasteiger partial charge in [-0.15, -0.1) is 0 Å². The van der Waals surface area contributed by atoms with Gasteiger partial charge >= 0.3 is 5.97 Å². The molecular formula is C52H67N9O7. The van der Waals surface area contributed by atoms with Gasteiger partial charge in [0, 0.05) is 92.9 Å². The molecule has 362 valence electrons. The number of ether oxygens (including phenoxy) is 2. The van der Waals surface area contributed by atoms with Gasteiger partial charge in [-0.25, -0.2) is 5.43 Å². The van der Waals surface area contributed by atoms with Gasteiger partial charge < -0.3 is 29.2 Å². The maximum Gasteiger partial charge on any atom is 0.324 e. The Labute approximate surface area is 400 Å². The van der Waals surface area contributed by atoms with Crippen molar-refractivity contribution in [3.8, 4) is 34.2 Å². The number of amides is 4. The van der Waals surface area contributed by atoms with Crippen LogP contribution in [0.4, 0.5) is 0 Å². The Hall–Kier alpha value is -6.15. The van der Waals surface area contributed by atoms with Crippen molar-refractivity contribution < 1.29 is 33.4 Å². The second-order valence-electron chi connectivity index (χ2n) is 19.7. The quantitative estimate of drug-likeness (QED) is 0.170. The number of carbonyl (C=O) groups excluding carboxylic acids is 5. The number of likely N-dealkylation sites (tertiary alicyclic amines) is 1. The van der Waals surface area contributed by atoms with Gasteiger partial charge in [0.2, 0.25) is 11.8 Å². The molecule has 68 heavy (non-hydrogen) atoms. The number of methoxy groups -OCH3 is 1. The molecule has 16 heteroatoms. The smallest absolute Gasteiger partial charge is 0.324 e. The first-order chi connectivity index (χ1) is 32.5. The number of rotatable bonds is 10. The molecule has 1 unspecified atom stereocenters. The Balaban J connectivity index is 1.24. The minimum Gasteiger partial charge on any atom is -0.464 e. The molecule has 3 aliphatic heterocycles. The molecule has 2 N–H and O–H groups in total. The SMILES string of the molecule is CCn1c(-c2cnccc2COC)c2c3cc(ccc31)-c1ccnc(c1)C[C@H](NC(=O)C(C(C)C)N(C)C(=O)[C@H]1CCN(C(=O)C#CCN(C)C)C1)C(=O)N1CCC[C@H](N1)C(=O)OCC(C)(C)C2. The van der Waals surface area contributed by atoms with Gasteiger partial charge in [-0.1, -0.05) is 39.7 Å². The number of fused-ring (bicyclic) bond motifs is 6. The lowest BCUT2D eigenvalue weighted by Crippen LogP contribution is -2.62. The first-order valence-corrected chi connectivity index (χ1v) is 23.8. The maximum atomic E-state index is 14.7. The predicted molar refractivity (Wildman–Crippen MR) is 259 cm³/mol. The molecule has 7 rings (SSSR count). The van der Waals surface area contributed by atoms with Crippen LogP contribution in [0.5, 0.6) is 0 Å². The Kier molecular flexibility index (Phi) is 15.7. The normalized spacial score (nSPS) is 20.1. The topological polar surface area (TPSA) is 172 Å². The maximum absolute atomic E-state index is 14.7. The van der Waals surface area contributed by atoms with Crippen molar-refractivity contribution >= 4 is 40.5 Å². The van der Waals surface area contributed by atoms with Crippen LogP contribution in [0.25, 0.3) is 33.3 Å². The number of carbonyl (C=O) groups is 5. The molecule has 0 aliphatic carbocycles. The van der Waals surface area contributed by atoms with E-state index in [0.29, 0.717) is 64.2 Å². The van der Waals surface area contributed by atoms with E-state index in [1.165, 1.54) is 9.91 Å². The summed E-state index contributed by atoms with van der Waals surface area (Å²) >= 11 is 0. The number of aryl methyl sites for hydroxylation is 1. The number of pyridine rings is 2. The van der Waals surface area contributed by atoms with Crippen molar-refractivity contribution in [2.24, 2.45) is 17.3 Å². The van der Waals surface area contributed by atoms with Crippen molar-refractivity contribution in [1.29, 1.82) is 0 Å². The highest BCUT2D eigenvalue weighted by atomic mass is 16.5. The highest BCUT2D eigenvalue weighted by molar-refractivity contribution is 5.97. The zero-order chi connectivity index (χ0) is 48.9. The van der Waals surface area contributed by atoms with Crippen LogP contribution in [0, 0.1) is 29.1 Å². The van der Waals surface area contributed by atoms with Crippen LogP contribution in [0.15, 0.2) is 55.0 Å². The minimum atomic E-state index is -1.12. The zero-order valence-corrected chi connectivity index (χ0v) is 41.1. The van der Waals surface area contributed by atoms with Crippen LogP contribution in [0.1, 0.15) is 70.7 Å². The molecule has 4 aromatic rings. The van der Waals surface area contributed by atoms with Crippen LogP contribution in [0.2, 0.25) is 0 Å². The molecule has 16 nitrogen and oxygen atoms in total. The summed E-state index contributed by atoms with van der Waals surface area (Å²) in [5.74, 6) is 2.69. The second kappa shape index (κ2) is 21.4. The van der Waals surface area contributed by atoms with Crippen LogP contribution in [-0.2, 0) is 59.4 Å². The van der Waals surface area contributed by atoms with E-state index in [1.807, 2.05) is 57.2 Å². The lowest BCUT2D eigenvalue weighted by atomic mass is 9.84. The van der Waals surface area contributed by atoms with E-state index in [2.05, 4.69) is 71.1 Å². The monoisotopic (exact) mass is 930 g/mol. The summed E-state index contributed by atoms with van der Waals surface area (Å²) in [6.07, 6.45) is 7.44. The van der Waals surface area contributed by atoms with Gasteiger partial charge in [0.05, 0.1) is 31.4 Å². The van der Waals surface area contributed by atoms with Gasteiger partial charge in [0.15, 0.2) is 0 Å². The van der Waals surface area contributed by atoms with Gasteiger partial charge in [0.25, 0.3) is 11.8 Å². The average molecular weight is 930 g/mol. The summed E-state index contributed by atoms with van der Waals surface area (Å²) in [7, 11) is 7.03. The third kappa shape index (κ3) is 11.1. The summed E-state index contributed by atoms with van der Waals surface area (Å²) in [5, 5.41) is 5.50. The highest BCUT2D eigenvalue weighted by Gasteiger charge is 2.40. The van der Waals surface area contributed by atoms with E-state index >= 15 is 0 Å². The number of cyclic esters (lactones) is 1. The predicted octanol–water partition coefficient (Wildman–Crippen LogP) is 4.48. The zero-order valence-electron chi connectivity index (χ0n) is 41.1. The number of nitrogens with one attached hydrogen (secondary N) is 2. The second-order valence-corrected chi connectivity index (χ2v) is 19.7. The van der Waals surface area contributed by atoms with Gasteiger partial charge in [0.1, 0.15) is 18.1 Å².